The zero-order chi connectivity index (χ0) is 10.7. The predicted octanol–water partition coefficient (Wildman–Crippen LogP) is -7.54. The molecule has 0 bridgehead atoms. The summed E-state index contributed by atoms with van der Waals surface area (Å²) in [5.41, 5.74) is 0. The Hall–Kier alpha value is -0.464. The first kappa shape index (κ1) is 36.6. The van der Waals surface area contributed by atoms with Gasteiger partial charge in [0, 0.05) is 0 Å². The summed E-state index contributed by atoms with van der Waals surface area (Å²) in [6, 6.07) is 0. The third-order valence-electron chi connectivity index (χ3n) is 0. The molecule has 0 aromatic rings. The molecule has 0 aliphatic carbocycles. The molecule has 0 saturated heterocycles. The van der Waals surface area contributed by atoms with Crippen LogP contribution in [0.2, 0.25) is 0 Å². The maximum absolute atomic E-state index is 8.44. The van der Waals surface area contributed by atoms with E-state index < -0.39 is 18.5 Å². The van der Waals surface area contributed by atoms with Crippen LogP contribution in [-0.2, 0) is 0 Å². The zero-order valence-electron chi connectivity index (χ0n) is 7.50. The summed E-state index contributed by atoms with van der Waals surface area (Å²) in [4.78, 5) is 25.3. The van der Waals surface area contributed by atoms with Crippen molar-refractivity contribution >= 4 is 41.5 Å². The van der Waals surface area contributed by atoms with E-state index in [1.807, 2.05) is 0 Å². The van der Waals surface area contributed by atoms with Crippen LogP contribution < -0.4 is 44.9 Å². The summed E-state index contributed by atoms with van der Waals surface area (Å²) < 4.78 is 0. The van der Waals surface area contributed by atoms with Gasteiger partial charge in [0.15, 0.2) is 0 Å². The quantitative estimate of drug-likeness (QED) is 0.346. The first-order valence-electron chi connectivity index (χ1n) is 1.90. The van der Waals surface area contributed by atoms with Crippen LogP contribution in [0, 0.1) is 0 Å². The van der Waals surface area contributed by atoms with E-state index in [-0.39, 0.29) is 58.1 Å². The number of hydrogen-bond acceptors (Lipinski definition) is 6. The molecular weight excluding hydrogens is 243 g/mol. The standard InChI is InChI=1S/3CH2O3.Mg.Na.H2O/c3*2-1(3)4;;;/h3*(H2,2,3,4);;;1H2/q;;;+2;+1;/p-3. The summed E-state index contributed by atoms with van der Waals surface area (Å²) in [6.07, 6.45) is -6.25. The number of rotatable bonds is 0. The molecule has 0 aromatic carbocycles. The van der Waals surface area contributed by atoms with Crippen LogP contribution in [0.1, 0.15) is 0 Å². The Kier molecular flexibility index (Phi) is 71.1. The molecule has 12 heteroatoms. The van der Waals surface area contributed by atoms with E-state index >= 15 is 0 Å². The van der Waals surface area contributed by atoms with E-state index in [1.54, 1.807) is 0 Å². The van der Waals surface area contributed by atoms with Gasteiger partial charge in [-0.1, -0.05) is 0 Å². The normalized spacial score (nSPS) is 4.80. The van der Waals surface area contributed by atoms with Crippen molar-refractivity contribution in [3.05, 3.63) is 0 Å². The van der Waals surface area contributed by atoms with Gasteiger partial charge in [-0.2, -0.15) is 0 Å². The minimum atomic E-state index is -2.08. The van der Waals surface area contributed by atoms with Crippen LogP contribution in [0.4, 0.5) is 14.4 Å². The molecule has 0 saturated carbocycles. The van der Waals surface area contributed by atoms with Gasteiger partial charge in [-0.15, -0.1) is 0 Å². The van der Waals surface area contributed by atoms with Gasteiger partial charge in [0.25, 0.3) is 0 Å². The van der Waals surface area contributed by atoms with Crippen LogP contribution in [-0.4, -0.2) is 62.3 Å². The Morgan fingerprint density at radius 3 is 0.733 bits per heavy atom. The monoisotopic (exact) mass is 248 g/mol. The van der Waals surface area contributed by atoms with Gasteiger partial charge < -0.3 is 50.5 Å². The summed E-state index contributed by atoms with van der Waals surface area (Å²) in [7, 11) is 0. The molecular formula is C3H5MgNaO10. The van der Waals surface area contributed by atoms with Crippen molar-refractivity contribution in [1.29, 1.82) is 0 Å². The van der Waals surface area contributed by atoms with Crippen LogP contribution >= 0.6 is 0 Å². The second-order valence-electron chi connectivity index (χ2n) is 0.798. The number of carboxylic acid groups (broad SMARTS) is 6. The minimum absolute atomic E-state index is 0. The van der Waals surface area contributed by atoms with E-state index in [9.17, 15) is 0 Å². The van der Waals surface area contributed by atoms with Crippen molar-refractivity contribution in [1.82, 2.24) is 0 Å². The first-order chi connectivity index (χ1) is 5.20. The largest absolute Gasteiger partial charge is 2.00 e. The number of carbonyl (C=O) groups is 3. The van der Waals surface area contributed by atoms with E-state index in [0.29, 0.717) is 0 Å². The minimum Gasteiger partial charge on any atom is -0.565 e. The van der Waals surface area contributed by atoms with Crippen LogP contribution in [0.5, 0.6) is 0 Å². The molecule has 0 amide bonds. The molecule has 15 heavy (non-hydrogen) atoms. The number of hydrogen-bond donors (Lipinski definition) is 3. The fraction of sp³-hybridized carbons (Fsp3) is 0. The summed E-state index contributed by atoms with van der Waals surface area (Å²) >= 11 is 0. The molecule has 0 atom stereocenters. The Balaban J connectivity index is -0.0000000184. The van der Waals surface area contributed by atoms with E-state index in [1.165, 1.54) is 0 Å². The van der Waals surface area contributed by atoms with Crippen molar-refractivity contribution in [2.75, 3.05) is 0 Å². The molecule has 0 aromatic heterocycles. The topological polar surface area (TPSA) is 213 Å². The Bertz CT molecular complexity index is 118. The van der Waals surface area contributed by atoms with Gasteiger partial charge in [-0.3, -0.25) is 0 Å². The average molecular weight is 248 g/mol. The SMILES string of the molecule is O.O=C([O-])O.O=C([O-])O.O=C([O-])O.[Mg+2].[Na+]. The Morgan fingerprint density at radius 2 is 0.733 bits per heavy atom. The van der Waals surface area contributed by atoms with Gasteiger partial charge in [-0.25, -0.2) is 0 Å². The molecule has 0 aliphatic heterocycles. The molecule has 5 N–H and O–H groups in total. The van der Waals surface area contributed by atoms with Crippen molar-refractivity contribution in [2.24, 2.45) is 0 Å². The van der Waals surface area contributed by atoms with Crippen molar-refractivity contribution in [3.8, 4) is 0 Å². The molecule has 0 heterocycles. The third-order valence-corrected chi connectivity index (χ3v) is 0. The van der Waals surface area contributed by atoms with Crippen molar-refractivity contribution < 1.29 is 80.1 Å². The molecule has 0 spiro atoms. The van der Waals surface area contributed by atoms with Crippen molar-refractivity contribution in [2.45, 2.75) is 0 Å². The molecule has 0 unspecified atom stereocenters. The van der Waals surface area contributed by atoms with Crippen molar-refractivity contribution in [3.63, 3.8) is 0 Å². The summed E-state index contributed by atoms with van der Waals surface area (Å²) in [6.45, 7) is 0. The van der Waals surface area contributed by atoms with E-state index in [0.717, 1.165) is 0 Å². The molecule has 80 valence electrons. The summed E-state index contributed by atoms with van der Waals surface area (Å²) in [5, 5.41) is 45.9. The maximum atomic E-state index is 8.44. The molecule has 0 aliphatic rings. The molecule has 0 fully saturated rings. The summed E-state index contributed by atoms with van der Waals surface area (Å²) in [5.74, 6) is 0. The van der Waals surface area contributed by atoms with E-state index in [2.05, 4.69) is 0 Å². The fourth-order valence-corrected chi connectivity index (χ4v) is 0. The second kappa shape index (κ2) is 29.2. The Morgan fingerprint density at radius 1 is 0.733 bits per heavy atom. The van der Waals surface area contributed by atoms with Crippen LogP contribution in [0.25, 0.3) is 0 Å². The van der Waals surface area contributed by atoms with Gasteiger partial charge in [0.1, 0.15) is 0 Å². The van der Waals surface area contributed by atoms with E-state index in [4.69, 9.17) is 45.0 Å². The fourth-order valence-electron chi connectivity index (χ4n) is 0. The molecule has 0 radical (unpaired) electrons. The molecule has 10 nitrogen and oxygen atoms in total. The maximum Gasteiger partial charge on any atom is 2.00 e. The first-order valence-corrected chi connectivity index (χ1v) is 1.90. The Labute approximate surface area is 121 Å². The molecule has 0 rings (SSSR count). The second-order valence-corrected chi connectivity index (χ2v) is 0.798. The average Bonchev–Trinajstić information content (AvgIpc) is 1.54. The predicted molar refractivity (Wildman–Crippen MR) is 33.4 cm³/mol. The smallest absolute Gasteiger partial charge is 0.565 e. The van der Waals surface area contributed by atoms with Crippen LogP contribution in [0.15, 0.2) is 0 Å². The van der Waals surface area contributed by atoms with Gasteiger partial charge >= 0.3 is 52.6 Å². The zero-order valence-corrected chi connectivity index (χ0v) is 10.9. The van der Waals surface area contributed by atoms with Gasteiger partial charge in [0.2, 0.25) is 18.5 Å². The van der Waals surface area contributed by atoms with Gasteiger partial charge in [-0.05, 0) is 0 Å². The van der Waals surface area contributed by atoms with Gasteiger partial charge in [0.05, 0.1) is 0 Å². The van der Waals surface area contributed by atoms with Crippen LogP contribution in [0.3, 0.4) is 0 Å². The third kappa shape index (κ3) is 8380.